The van der Waals surface area contributed by atoms with Crippen LogP contribution in [0.2, 0.25) is 0 Å². The molecule has 1 aromatic heterocycles. The zero-order valence-electron chi connectivity index (χ0n) is 8.18. The zero-order chi connectivity index (χ0) is 9.14. The standard InChI is InChI=1S/C10H16N2/c1-7-5-6-10(8(2)11-4)9(3)12-7/h5-6,8,11H,1-4H3. The monoisotopic (exact) mass is 164 g/mol. The van der Waals surface area contributed by atoms with Crippen LogP contribution in [0.25, 0.3) is 0 Å². The number of rotatable bonds is 2. The molecule has 0 fully saturated rings. The average Bonchev–Trinajstić information content (AvgIpc) is 2.03. The van der Waals surface area contributed by atoms with Gasteiger partial charge in [-0.3, -0.25) is 4.98 Å². The molecule has 1 aromatic rings. The minimum Gasteiger partial charge on any atom is -0.313 e. The van der Waals surface area contributed by atoms with Crippen molar-refractivity contribution >= 4 is 0 Å². The number of nitrogens with zero attached hydrogens (tertiary/aromatic N) is 1. The molecule has 0 aliphatic heterocycles. The Morgan fingerprint density at radius 3 is 2.50 bits per heavy atom. The lowest BCUT2D eigenvalue weighted by molar-refractivity contribution is 0.644. The fourth-order valence-corrected chi connectivity index (χ4v) is 1.31. The lowest BCUT2D eigenvalue weighted by Gasteiger charge is -2.12. The SMILES string of the molecule is CNC(C)c1ccc(C)nc1C. The van der Waals surface area contributed by atoms with E-state index >= 15 is 0 Å². The molecule has 0 aliphatic carbocycles. The van der Waals surface area contributed by atoms with Gasteiger partial charge in [0.15, 0.2) is 0 Å². The van der Waals surface area contributed by atoms with Gasteiger partial charge < -0.3 is 5.32 Å². The average molecular weight is 164 g/mol. The summed E-state index contributed by atoms with van der Waals surface area (Å²) < 4.78 is 0. The molecule has 0 amide bonds. The Kier molecular flexibility index (Phi) is 2.82. The predicted molar refractivity (Wildman–Crippen MR) is 51.2 cm³/mol. The summed E-state index contributed by atoms with van der Waals surface area (Å²) in [5.41, 5.74) is 3.49. The molecule has 66 valence electrons. The van der Waals surface area contributed by atoms with E-state index in [0.717, 1.165) is 11.4 Å². The molecule has 1 heterocycles. The first kappa shape index (κ1) is 9.20. The van der Waals surface area contributed by atoms with Gasteiger partial charge in [-0.25, -0.2) is 0 Å². The van der Waals surface area contributed by atoms with Crippen molar-refractivity contribution in [2.24, 2.45) is 0 Å². The third-order valence-corrected chi connectivity index (χ3v) is 2.17. The van der Waals surface area contributed by atoms with Crippen LogP contribution in [0, 0.1) is 13.8 Å². The van der Waals surface area contributed by atoms with E-state index in [2.05, 4.69) is 36.3 Å². The van der Waals surface area contributed by atoms with E-state index in [1.807, 2.05) is 14.0 Å². The molecule has 1 atom stereocenters. The summed E-state index contributed by atoms with van der Waals surface area (Å²) in [5, 5.41) is 3.20. The van der Waals surface area contributed by atoms with Crippen LogP contribution in [0.4, 0.5) is 0 Å². The Morgan fingerprint density at radius 2 is 2.00 bits per heavy atom. The smallest absolute Gasteiger partial charge is 0.0423 e. The lowest BCUT2D eigenvalue weighted by atomic mass is 10.1. The Bertz CT molecular complexity index is 269. The predicted octanol–water partition coefficient (Wildman–Crippen LogP) is 1.98. The van der Waals surface area contributed by atoms with Crippen LogP contribution in [0.5, 0.6) is 0 Å². The summed E-state index contributed by atoms with van der Waals surface area (Å²) >= 11 is 0. The Labute approximate surface area is 74.0 Å². The molecule has 2 nitrogen and oxygen atoms in total. The summed E-state index contributed by atoms with van der Waals surface area (Å²) in [6.45, 7) is 6.20. The maximum Gasteiger partial charge on any atom is 0.0423 e. The molecule has 1 unspecified atom stereocenters. The van der Waals surface area contributed by atoms with E-state index in [1.165, 1.54) is 5.56 Å². The molecule has 0 saturated heterocycles. The molecule has 12 heavy (non-hydrogen) atoms. The van der Waals surface area contributed by atoms with Crippen LogP contribution >= 0.6 is 0 Å². The third-order valence-electron chi connectivity index (χ3n) is 2.17. The first-order valence-corrected chi connectivity index (χ1v) is 4.26. The van der Waals surface area contributed by atoms with Gasteiger partial charge in [-0.15, -0.1) is 0 Å². The highest BCUT2D eigenvalue weighted by Crippen LogP contribution is 2.14. The van der Waals surface area contributed by atoms with Crippen LogP contribution in [0.1, 0.15) is 29.9 Å². The van der Waals surface area contributed by atoms with Gasteiger partial charge in [-0.1, -0.05) is 6.07 Å². The summed E-state index contributed by atoms with van der Waals surface area (Å²) in [6, 6.07) is 4.58. The molecule has 0 bridgehead atoms. The Balaban J connectivity index is 3.01. The van der Waals surface area contributed by atoms with Crippen LogP contribution in [-0.2, 0) is 0 Å². The molecular weight excluding hydrogens is 148 g/mol. The second-order valence-electron chi connectivity index (χ2n) is 3.14. The number of nitrogens with one attached hydrogen (secondary N) is 1. The minimum atomic E-state index is 0.387. The van der Waals surface area contributed by atoms with Crippen LogP contribution in [0.15, 0.2) is 12.1 Å². The van der Waals surface area contributed by atoms with Crippen molar-refractivity contribution in [3.63, 3.8) is 0 Å². The van der Waals surface area contributed by atoms with Gasteiger partial charge in [-0.2, -0.15) is 0 Å². The summed E-state index contributed by atoms with van der Waals surface area (Å²) in [5.74, 6) is 0. The molecule has 0 saturated carbocycles. The number of hydrogen-bond donors (Lipinski definition) is 1. The molecule has 0 aliphatic rings. The van der Waals surface area contributed by atoms with E-state index in [0.29, 0.717) is 6.04 Å². The van der Waals surface area contributed by atoms with Crippen molar-refractivity contribution in [2.45, 2.75) is 26.8 Å². The maximum atomic E-state index is 4.40. The van der Waals surface area contributed by atoms with Gasteiger partial charge in [-0.05, 0) is 39.4 Å². The van der Waals surface area contributed by atoms with Crippen molar-refractivity contribution < 1.29 is 0 Å². The molecular formula is C10H16N2. The second-order valence-corrected chi connectivity index (χ2v) is 3.14. The Morgan fingerprint density at radius 1 is 1.33 bits per heavy atom. The fourth-order valence-electron chi connectivity index (χ4n) is 1.31. The van der Waals surface area contributed by atoms with Gasteiger partial charge in [0.2, 0.25) is 0 Å². The van der Waals surface area contributed by atoms with E-state index in [9.17, 15) is 0 Å². The van der Waals surface area contributed by atoms with Crippen LogP contribution in [-0.4, -0.2) is 12.0 Å². The molecule has 2 heteroatoms. The summed E-state index contributed by atoms with van der Waals surface area (Å²) in [7, 11) is 1.96. The highest BCUT2D eigenvalue weighted by molar-refractivity contribution is 5.24. The van der Waals surface area contributed by atoms with Crippen molar-refractivity contribution in [1.82, 2.24) is 10.3 Å². The van der Waals surface area contributed by atoms with Crippen molar-refractivity contribution in [1.29, 1.82) is 0 Å². The number of pyridine rings is 1. The lowest BCUT2D eigenvalue weighted by Crippen LogP contribution is -2.14. The normalized spacial score (nSPS) is 13.0. The Hall–Kier alpha value is -0.890. The number of aromatic nitrogens is 1. The van der Waals surface area contributed by atoms with Crippen molar-refractivity contribution in [2.75, 3.05) is 7.05 Å². The van der Waals surface area contributed by atoms with Gasteiger partial charge in [0, 0.05) is 17.4 Å². The molecule has 0 aromatic carbocycles. The van der Waals surface area contributed by atoms with E-state index in [1.54, 1.807) is 0 Å². The highest BCUT2D eigenvalue weighted by atomic mass is 14.9. The van der Waals surface area contributed by atoms with Gasteiger partial charge >= 0.3 is 0 Å². The van der Waals surface area contributed by atoms with Crippen molar-refractivity contribution in [3.05, 3.63) is 29.1 Å². The second kappa shape index (κ2) is 3.68. The number of aryl methyl sites for hydroxylation is 2. The van der Waals surface area contributed by atoms with E-state index in [-0.39, 0.29) is 0 Å². The van der Waals surface area contributed by atoms with Gasteiger partial charge in [0.25, 0.3) is 0 Å². The third kappa shape index (κ3) is 1.83. The summed E-state index contributed by atoms with van der Waals surface area (Å²) in [4.78, 5) is 4.40. The molecule has 0 spiro atoms. The van der Waals surface area contributed by atoms with E-state index < -0.39 is 0 Å². The first-order chi connectivity index (χ1) is 5.65. The fraction of sp³-hybridized carbons (Fsp3) is 0.500. The van der Waals surface area contributed by atoms with Crippen molar-refractivity contribution in [3.8, 4) is 0 Å². The minimum absolute atomic E-state index is 0.387. The molecule has 0 radical (unpaired) electrons. The zero-order valence-corrected chi connectivity index (χ0v) is 8.18. The molecule has 1 N–H and O–H groups in total. The van der Waals surface area contributed by atoms with Gasteiger partial charge in [0.05, 0.1) is 0 Å². The summed E-state index contributed by atoms with van der Waals surface area (Å²) in [6.07, 6.45) is 0. The topological polar surface area (TPSA) is 24.9 Å². The number of hydrogen-bond acceptors (Lipinski definition) is 2. The quantitative estimate of drug-likeness (QED) is 0.723. The van der Waals surface area contributed by atoms with E-state index in [4.69, 9.17) is 0 Å². The maximum absolute atomic E-state index is 4.40. The van der Waals surface area contributed by atoms with Crippen LogP contribution in [0.3, 0.4) is 0 Å². The van der Waals surface area contributed by atoms with Crippen LogP contribution < -0.4 is 5.32 Å². The van der Waals surface area contributed by atoms with Gasteiger partial charge in [0.1, 0.15) is 0 Å². The first-order valence-electron chi connectivity index (χ1n) is 4.26. The molecule has 1 rings (SSSR count). The highest BCUT2D eigenvalue weighted by Gasteiger charge is 2.05. The largest absolute Gasteiger partial charge is 0.313 e.